The first-order valence-corrected chi connectivity index (χ1v) is 6.51. The van der Waals surface area contributed by atoms with Gasteiger partial charge in [0, 0.05) is 25.1 Å². The van der Waals surface area contributed by atoms with Crippen LogP contribution in [0.4, 0.5) is 13.2 Å². The number of aromatic nitrogens is 1. The zero-order chi connectivity index (χ0) is 15.8. The number of nitrogens with zero attached hydrogens (tertiary/aromatic N) is 1. The van der Waals surface area contributed by atoms with Gasteiger partial charge in [-0.05, 0) is 24.1 Å². The van der Waals surface area contributed by atoms with Gasteiger partial charge in [0.1, 0.15) is 0 Å². The predicted molar refractivity (Wildman–Crippen MR) is 74.3 cm³/mol. The summed E-state index contributed by atoms with van der Waals surface area (Å²) in [6.07, 6.45) is -4.53. The average Bonchev–Trinajstić information content (AvgIpc) is 2.41. The molecule has 0 aliphatic carbocycles. The van der Waals surface area contributed by atoms with Gasteiger partial charge < -0.3 is 9.30 Å². The van der Waals surface area contributed by atoms with Crippen molar-refractivity contribution in [3.05, 3.63) is 45.2 Å². The highest BCUT2D eigenvalue weighted by Gasteiger charge is 2.37. The molecule has 0 N–H and O–H groups in total. The van der Waals surface area contributed by atoms with E-state index in [9.17, 15) is 18.0 Å². The van der Waals surface area contributed by atoms with Crippen molar-refractivity contribution in [3.8, 4) is 0 Å². The number of hydrogen-bond acceptors (Lipinski definition) is 2. The minimum Gasteiger partial charge on any atom is -0.380 e. The fourth-order valence-electron chi connectivity index (χ4n) is 2.57. The number of halogens is 3. The Morgan fingerprint density at radius 1 is 1.29 bits per heavy atom. The summed E-state index contributed by atoms with van der Waals surface area (Å²) in [5.41, 5.74) is -0.731. The maximum absolute atomic E-state index is 13.4. The molecule has 0 radical (unpaired) electrons. The Labute approximate surface area is 120 Å². The summed E-state index contributed by atoms with van der Waals surface area (Å²) in [7, 11) is 2.97. The van der Waals surface area contributed by atoms with E-state index < -0.39 is 17.3 Å². The number of hydrogen-bond donors (Lipinski definition) is 0. The van der Waals surface area contributed by atoms with E-state index in [1.165, 1.54) is 30.9 Å². The number of fused-ring (bicyclic) bond motifs is 1. The Morgan fingerprint density at radius 2 is 1.95 bits per heavy atom. The molecule has 0 fully saturated rings. The molecule has 2 rings (SSSR count). The van der Waals surface area contributed by atoms with Gasteiger partial charge in [0.2, 0.25) is 0 Å². The van der Waals surface area contributed by atoms with Crippen LogP contribution < -0.4 is 5.56 Å². The van der Waals surface area contributed by atoms with Gasteiger partial charge in [0.25, 0.3) is 5.56 Å². The Morgan fingerprint density at radius 3 is 2.48 bits per heavy atom. The number of alkyl halides is 3. The molecule has 3 nitrogen and oxygen atoms in total. The van der Waals surface area contributed by atoms with Crippen LogP contribution in [0.2, 0.25) is 0 Å². The molecule has 1 heterocycles. The second kappa shape index (κ2) is 5.52. The first kappa shape index (κ1) is 15.6. The number of rotatable bonds is 3. The van der Waals surface area contributed by atoms with Crippen LogP contribution in [-0.2, 0) is 31.0 Å². The summed E-state index contributed by atoms with van der Waals surface area (Å²) in [5, 5.41) is 0.0380. The third-order valence-electron chi connectivity index (χ3n) is 3.50. The highest BCUT2D eigenvalue weighted by Crippen LogP contribution is 2.36. The lowest BCUT2D eigenvalue weighted by Crippen LogP contribution is -2.26. The van der Waals surface area contributed by atoms with Gasteiger partial charge in [-0.25, -0.2) is 0 Å². The van der Waals surface area contributed by atoms with E-state index in [-0.39, 0.29) is 29.5 Å². The largest absolute Gasteiger partial charge is 0.417 e. The van der Waals surface area contributed by atoms with Crippen molar-refractivity contribution >= 4 is 10.9 Å². The highest BCUT2D eigenvalue weighted by atomic mass is 19.4. The third kappa shape index (κ3) is 2.68. The lowest BCUT2D eigenvalue weighted by atomic mass is 9.99. The van der Waals surface area contributed by atoms with Gasteiger partial charge in [-0.2, -0.15) is 13.2 Å². The molecule has 0 unspecified atom stereocenters. The summed E-state index contributed by atoms with van der Waals surface area (Å²) in [5.74, 6) is 0. The van der Waals surface area contributed by atoms with Gasteiger partial charge in [0.05, 0.1) is 17.7 Å². The van der Waals surface area contributed by atoms with E-state index in [1.54, 1.807) is 13.0 Å². The fourth-order valence-corrected chi connectivity index (χ4v) is 2.57. The van der Waals surface area contributed by atoms with Crippen molar-refractivity contribution < 1.29 is 17.9 Å². The lowest BCUT2D eigenvalue weighted by molar-refractivity contribution is -0.137. The molecule has 21 heavy (non-hydrogen) atoms. The van der Waals surface area contributed by atoms with E-state index in [1.807, 2.05) is 0 Å². The quantitative estimate of drug-likeness (QED) is 0.871. The van der Waals surface area contributed by atoms with Crippen molar-refractivity contribution in [2.75, 3.05) is 7.11 Å². The molecule has 0 saturated heterocycles. The Bertz CT molecular complexity index is 732. The monoisotopic (exact) mass is 299 g/mol. The average molecular weight is 299 g/mol. The summed E-state index contributed by atoms with van der Waals surface area (Å²) < 4.78 is 46.5. The van der Waals surface area contributed by atoms with Gasteiger partial charge in [0.15, 0.2) is 0 Å². The first-order valence-electron chi connectivity index (χ1n) is 6.51. The lowest BCUT2D eigenvalue weighted by Gasteiger charge is -2.17. The molecule has 0 saturated carbocycles. The van der Waals surface area contributed by atoms with Crippen molar-refractivity contribution in [1.29, 1.82) is 0 Å². The second-order valence-corrected chi connectivity index (χ2v) is 4.85. The van der Waals surface area contributed by atoms with Gasteiger partial charge >= 0.3 is 6.18 Å². The summed E-state index contributed by atoms with van der Waals surface area (Å²) >= 11 is 0. The van der Waals surface area contributed by atoms with Crippen LogP contribution >= 0.6 is 0 Å². The standard InChI is InChI=1S/C15H16F3NO2/c1-4-10-13(15(16,17)18)11-7-9(8-21-3)5-6-12(11)19(2)14(10)20/h5-7H,4,8H2,1-3H3. The smallest absolute Gasteiger partial charge is 0.380 e. The Balaban J connectivity index is 2.96. The zero-order valence-corrected chi connectivity index (χ0v) is 12.0. The summed E-state index contributed by atoms with van der Waals surface area (Å²) in [6.45, 7) is 1.77. The Kier molecular flexibility index (Phi) is 4.09. The molecule has 114 valence electrons. The first-order chi connectivity index (χ1) is 9.81. The zero-order valence-electron chi connectivity index (χ0n) is 12.0. The molecular weight excluding hydrogens is 283 g/mol. The SMILES string of the molecule is CCc1c(C(F)(F)F)c2cc(COC)ccc2n(C)c1=O. The minimum atomic E-state index is -4.57. The summed E-state index contributed by atoms with van der Waals surface area (Å²) in [4.78, 5) is 12.1. The maximum atomic E-state index is 13.4. The molecule has 0 aliphatic rings. The van der Waals surface area contributed by atoms with Crippen molar-refractivity contribution in [3.63, 3.8) is 0 Å². The molecule has 2 aromatic rings. The Hall–Kier alpha value is -1.82. The van der Waals surface area contributed by atoms with Crippen LogP contribution in [0.3, 0.4) is 0 Å². The number of ether oxygens (including phenoxy) is 1. The molecule has 0 spiro atoms. The van der Waals surface area contributed by atoms with Gasteiger partial charge in [-0.3, -0.25) is 4.79 Å². The van der Waals surface area contributed by atoms with E-state index in [0.29, 0.717) is 5.56 Å². The van der Waals surface area contributed by atoms with E-state index in [4.69, 9.17) is 4.74 Å². The molecule has 1 aromatic carbocycles. The summed E-state index contributed by atoms with van der Waals surface area (Å²) in [6, 6.07) is 4.64. The van der Waals surface area contributed by atoms with Crippen LogP contribution in [0.15, 0.2) is 23.0 Å². The molecule has 0 aliphatic heterocycles. The van der Waals surface area contributed by atoms with Gasteiger partial charge in [-0.1, -0.05) is 13.0 Å². The second-order valence-electron chi connectivity index (χ2n) is 4.85. The molecule has 1 aromatic heterocycles. The van der Waals surface area contributed by atoms with Crippen LogP contribution in [0.1, 0.15) is 23.6 Å². The van der Waals surface area contributed by atoms with Crippen LogP contribution in [0, 0.1) is 0 Å². The number of benzene rings is 1. The van der Waals surface area contributed by atoms with Crippen LogP contribution in [-0.4, -0.2) is 11.7 Å². The molecular formula is C15H16F3NO2. The number of aryl methyl sites for hydroxylation is 1. The van der Waals surface area contributed by atoms with Crippen LogP contribution in [0.5, 0.6) is 0 Å². The molecule has 0 amide bonds. The van der Waals surface area contributed by atoms with Crippen molar-refractivity contribution in [2.45, 2.75) is 26.1 Å². The fraction of sp³-hybridized carbons (Fsp3) is 0.400. The number of methoxy groups -OCH3 is 1. The van der Waals surface area contributed by atoms with E-state index in [2.05, 4.69) is 0 Å². The maximum Gasteiger partial charge on any atom is 0.417 e. The highest BCUT2D eigenvalue weighted by molar-refractivity contribution is 5.85. The minimum absolute atomic E-state index is 0.0337. The van der Waals surface area contributed by atoms with E-state index in [0.717, 1.165) is 0 Å². The normalized spacial score (nSPS) is 12.1. The molecule has 6 heteroatoms. The van der Waals surface area contributed by atoms with Gasteiger partial charge in [-0.15, -0.1) is 0 Å². The topological polar surface area (TPSA) is 31.2 Å². The third-order valence-corrected chi connectivity index (χ3v) is 3.50. The van der Waals surface area contributed by atoms with E-state index >= 15 is 0 Å². The van der Waals surface area contributed by atoms with Crippen molar-refractivity contribution in [2.24, 2.45) is 7.05 Å². The van der Waals surface area contributed by atoms with Crippen LogP contribution in [0.25, 0.3) is 10.9 Å². The molecule has 0 bridgehead atoms. The number of pyridine rings is 1. The predicted octanol–water partition coefficient (Wildman–Crippen LogP) is 3.27. The van der Waals surface area contributed by atoms with Crippen molar-refractivity contribution in [1.82, 2.24) is 4.57 Å². The molecule has 0 atom stereocenters.